The first-order chi connectivity index (χ1) is 12.5. The van der Waals surface area contributed by atoms with Crippen LogP contribution in [0.15, 0.2) is 41.8 Å². The summed E-state index contributed by atoms with van der Waals surface area (Å²) in [4.78, 5) is 17.1. The molecule has 0 aliphatic heterocycles. The number of benzene rings is 2. The number of methoxy groups -OCH3 is 1. The number of carbonyl (C=O) groups is 1. The van der Waals surface area contributed by atoms with Crippen molar-refractivity contribution in [3.63, 3.8) is 0 Å². The molecule has 26 heavy (non-hydrogen) atoms. The highest BCUT2D eigenvalue weighted by molar-refractivity contribution is 7.14. The molecule has 4 nitrogen and oxygen atoms in total. The molecule has 3 rings (SSSR count). The minimum Gasteiger partial charge on any atom is -0.380 e. The third-order valence-corrected chi connectivity index (χ3v) is 5.10. The average molecular weight is 366 g/mol. The predicted molar refractivity (Wildman–Crippen MR) is 107 cm³/mol. The molecule has 3 aromatic rings. The molecule has 0 saturated carbocycles. The van der Waals surface area contributed by atoms with Gasteiger partial charge in [-0.2, -0.15) is 0 Å². The summed E-state index contributed by atoms with van der Waals surface area (Å²) >= 11 is 1.43. The van der Waals surface area contributed by atoms with Gasteiger partial charge in [0.05, 0.1) is 12.3 Å². The van der Waals surface area contributed by atoms with Crippen LogP contribution < -0.4 is 5.32 Å². The molecule has 2 aromatic carbocycles. The van der Waals surface area contributed by atoms with Crippen molar-refractivity contribution < 1.29 is 9.53 Å². The molecule has 0 atom stereocenters. The first-order valence-electron chi connectivity index (χ1n) is 8.41. The van der Waals surface area contributed by atoms with Crippen LogP contribution in [0.3, 0.4) is 0 Å². The average Bonchev–Trinajstić information content (AvgIpc) is 3.07. The zero-order valence-corrected chi connectivity index (χ0v) is 16.2. The Morgan fingerprint density at radius 1 is 1.12 bits per heavy atom. The summed E-state index contributed by atoms with van der Waals surface area (Å²) in [6, 6.07) is 11.7. The zero-order chi connectivity index (χ0) is 18.7. The van der Waals surface area contributed by atoms with Crippen LogP contribution >= 0.6 is 11.3 Å². The van der Waals surface area contributed by atoms with Gasteiger partial charge in [0.15, 0.2) is 5.13 Å². The fourth-order valence-electron chi connectivity index (χ4n) is 2.83. The van der Waals surface area contributed by atoms with Gasteiger partial charge in [0.25, 0.3) is 5.91 Å². The van der Waals surface area contributed by atoms with E-state index in [-0.39, 0.29) is 5.91 Å². The Hall–Kier alpha value is -2.50. The van der Waals surface area contributed by atoms with E-state index in [1.165, 1.54) is 28.0 Å². The van der Waals surface area contributed by atoms with Gasteiger partial charge in [-0.05, 0) is 61.2 Å². The summed E-state index contributed by atoms with van der Waals surface area (Å²) < 4.78 is 5.12. The number of carbonyl (C=O) groups excluding carboxylic acids is 1. The number of aryl methyl sites for hydroxylation is 3. The number of nitrogens with zero attached hydrogens (tertiary/aromatic N) is 1. The third kappa shape index (κ3) is 4.00. The molecule has 134 valence electrons. The fourth-order valence-corrected chi connectivity index (χ4v) is 3.54. The molecule has 0 radical (unpaired) electrons. The quantitative estimate of drug-likeness (QED) is 0.681. The number of nitrogens with one attached hydrogen (secondary N) is 1. The lowest BCUT2D eigenvalue weighted by Gasteiger charge is -2.07. The molecule has 1 N–H and O–H groups in total. The number of hydrogen-bond donors (Lipinski definition) is 1. The summed E-state index contributed by atoms with van der Waals surface area (Å²) in [7, 11) is 1.64. The van der Waals surface area contributed by atoms with Crippen molar-refractivity contribution in [1.82, 2.24) is 4.98 Å². The SMILES string of the molecule is COCc1cccc(C(=O)Nc2nc(-c3cc(C)c(C)cc3C)cs2)c1. The number of ether oxygens (including phenoxy) is 1. The summed E-state index contributed by atoms with van der Waals surface area (Å²) in [5.41, 5.74) is 7.24. The zero-order valence-electron chi connectivity index (χ0n) is 15.4. The Kier molecular flexibility index (Phi) is 5.49. The van der Waals surface area contributed by atoms with E-state index in [1.54, 1.807) is 13.2 Å². The van der Waals surface area contributed by atoms with Crippen molar-refractivity contribution in [1.29, 1.82) is 0 Å². The first-order valence-corrected chi connectivity index (χ1v) is 9.29. The van der Waals surface area contributed by atoms with Crippen molar-refractivity contribution >= 4 is 22.4 Å². The van der Waals surface area contributed by atoms with Gasteiger partial charge < -0.3 is 4.74 Å². The normalized spacial score (nSPS) is 10.8. The van der Waals surface area contributed by atoms with Crippen molar-refractivity contribution in [3.05, 3.63) is 69.6 Å². The highest BCUT2D eigenvalue weighted by atomic mass is 32.1. The van der Waals surface area contributed by atoms with Crippen molar-refractivity contribution in [2.24, 2.45) is 0 Å². The number of hydrogen-bond acceptors (Lipinski definition) is 4. The van der Waals surface area contributed by atoms with E-state index < -0.39 is 0 Å². The number of aromatic nitrogens is 1. The van der Waals surface area contributed by atoms with E-state index in [0.717, 1.165) is 16.8 Å². The van der Waals surface area contributed by atoms with Crippen LogP contribution in [-0.4, -0.2) is 18.0 Å². The molecule has 1 amide bonds. The summed E-state index contributed by atoms with van der Waals surface area (Å²) in [6.07, 6.45) is 0. The lowest BCUT2D eigenvalue weighted by atomic mass is 9.99. The number of amides is 1. The van der Waals surface area contributed by atoms with Crippen LogP contribution in [0.2, 0.25) is 0 Å². The highest BCUT2D eigenvalue weighted by Gasteiger charge is 2.12. The van der Waals surface area contributed by atoms with Gasteiger partial charge in [-0.25, -0.2) is 4.98 Å². The third-order valence-electron chi connectivity index (χ3n) is 4.34. The number of anilines is 1. The van der Waals surface area contributed by atoms with Crippen LogP contribution in [0.4, 0.5) is 5.13 Å². The molecule has 0 bridgehead atoms. The Morgan fingerprint density at radius 3 is 2.65 bits per heavy atom. The summed E-state index contributed by atoms with van der Waals surface area (Å²) in [6.45, 7) is 6.77. The molecular formula is C21H22N2O2S. The van der Waals surface area contributed by atoms with Crippen LogP contribution in [0.5, 0.6) is 0 Å². The molecule has 0 aliphatic carbocycles. The van der Waals surface area contributed by atoms with Crippen LogP contribution in [-0.2, 0) is 11.3 Å². The molecule has 1 heterocycles. The second-order valence-corrected chi connectivity index (χ2v) is 7.23. The molecule has 0 fully saturated rings. The largest absolute Gasteiger partial charge is 0.380 e. The Bertz CT molecular complexity index is 947. The highest BCUT2D eigenvalue weighted by Crippen LogP contribution is 2.29. The minimum atomic E-state index is -0.166. The Balaban J connectivity index is 1.79. The molecule has 1 aromatic heterocycles. The lowest BCUT2D eigenvalue weighted by Crippen LogP contribution is -2.12. The number of thiazole rings is 1. The van der Waals surface area contributed by atoms with E-state index in [9.17, 15) is 4.79 Å². The fraction of sp³-hybridized carbons (Fsp3) is 0.238. The van der Waals surface area contributed by atoms with Crippen LogP contribution in [0, 0.1) is 20.8 Å². The minimum absolute atomic E-state index is 0.166. The molecule has 0 saturated heterocycles. The molecule has 5 heteroatoms. The smallest absolute Gasteiger partial charge is 0.257 e. The van der Waals surface area contributed by atoms with E-state index in [4.69, 9.17) is 4.74 Å². The maximum Gasteiger partial charge on any atom is 0.257 e. The Labute approximate surface area is 157 Å². The van der Waals surface area contributed by atoms with Gasteiger partial charge in [-0.1, -0.05) is 18.2 Å². The van der Waals surface area contributed by atoms with Gasteiger partial charge in [-0.15, -0.1) is 11.3 Å². The van der Waals surface area contributed by atoms with E-state index in [2.05, 4.69) is 43.2 Å². The first kappa shape index (κ1) is 18.3. The summed E-state index contributed by atoms with van der Waals surface area (Å²) in [5, 5.41) is 5.47. The van der Waals surface area contributed by atoms with Gasteiger partial charge in [0.2, 0.25) is 0 Å². The van der Waals surface area contributed by atoms with E-state index in [0.29, 0.717) is 17.3 Å². The van der Waals surface area contributed by atoms with Gasteiger partial charge in [-0.3, -0.25) is 10.1 Å². The van der Waals surface area contributed by atoms with Crippen molar-refractivity contribution in [3.8, 4) is 11.3 Å². The van der Waals surface area contributed by atoms with Gasteiger partial charge >= 0.3 is 0 Å². The predicted octanol–water partition coefficient (Wildman–Crippen LogP) is 5.13. The maximum atomic E-state index is 12.5. The number of rotatable bonds is 5. The van der Waals surface area contributed by atoms with Crippen molar-refractivity contribution in [2.45, 2.75) is 27.4 Å². The molecule has 0 spiro atoms. The molecule has 0 aliphatic rings. The maximum absolute atomic E-state index is 12.5. The standard InChI is InChI=1S/C21H22N2O2S/c1-13-8-15(3)18(9-14(13)2)19-12-26-21(22-19)23-20(24)17-7-5-6-16(10-17)11-25-4/h5-10,12H,11H2,1-4H3,(H,22,23,24). The monoisotopic (exact) mass is 366 g/mol. The Morgan fingerprint density at radius 2 is 1.88 bits per heavy atom. The van der Waals surface area contributed by atoms with Gasteiger partial charge in [0.1, 0.15) is 0 Å². The van der Waals surface area contributed by atoms with Crippen LogP contribution in [0.25, 0.3) is 11.3 Å². The topological polar surface area (TPSA) is 51.2 Å². The second kappa shape index (κ2) is 7.81. The summed E-state index contributed by atoms with van der Waals surface area (Å²) in [5.74, 6) is -0.166. The molecular weight excluding hydrogens is 344 g/mol. The van der Waals surface area contributed by atoms with Crippen molar-refractivity contribution in [2.75, 3.05) is 12.4 Å². The lowest BCUT2D eigenvalue weighted by molar-refractivity contribution is 0.102. The van der Waals surface area contributed by atoms with E-state index >= 15 is 0 Å². The van der Waals surface area contributed by atoms with Crippen LogP contribution in [0.1, 0.15) is 32.6 Å². The van der Waals surface area contributed by atoms with E-state index in [1.807, 2.05) is 23.6 Å². The van der Waals surface area contributed by atoms with Gasteiger partial charge in [0, 0.05) is 23.6 Å². The second-order valence-electron chi connectivity index (χ2n) is 6.38. The molecule has 0 unspecified atom stereocenters.